The lowest BCUT2D eigenvalue weighted by Crippen LogP contribution is -2.03. The van der Waals surface area contributed by atoms with Gasteiger partial charge < -0.3 is 28.4 Å². The number of methoxy groups -OCH3 is 6. The summed E-state index contributed by atoms with van der Waals surface area (Å²) in [7, 11) is 9.93. The van der Waals surface area contributed by atoms with Gasteiger partial charge in [0.1, 0.15) is 17.2 Å². The Balaban J connectivity index is 0.000000490. The number of hydrogen-bond acceptors (Lipinski definition) is 14. The molecule has 0 amide bonds. The molecular formula is C69H80O14. The van der Waals surface area contributed by atoms with Crippen LogP contribution in [0.3, 0.4) is 0 Å². The molecule has 0 bridgehead atoms. The lowest BCUT2D eigenvalue weighted by atomic mass is 10.00. The van der Waals surface area contributed by atoms with Gasteiger partial charge in [0.2, 0.25) is 0 Å². The van der Waals surface area contributed by atoms with Crippen LogP contribution in [0, 0.1) is 5.92 Å². The predicted molar refractivity (Wildman–Crippen MR) is 328 cm³/mol. The number of para-hydroxylation sites is 2. The van der Waals surface area contributed by atoms with E-state index in [0.717, 1.165) is 41.3 Å². The Kier molecular flexibility index (Phi) is 34.0. The van der Waals surface area contributed by atoms with Gasteiger partial charge in [-0.1, -0.05) is 99.1 Å². The zero-order valence-electron chi connectivity index (χ0n) is 50.8. The summed E-state index contributed by atoms with van der Waals surface area (Å²) >= 11 is 0. The molecule has 0 aliphatic heterocycles. The summed E-state index contributed by atoms with van der Waals surface area (Å²) < 4.78 is 30.1. The van der Waals surface area contributed by atoms with Gasteiger partial charge in [-0.15, -0.1) is 0 Å². The van der Waals surface area contributed by atoms with Gasteiger partial charge in [0.15, 0.2) is 57.8 Å². The topological polar surface area (TPSA) is 192 Å². The Morgan fingerprint density at radius 3 is 0.783 bits per heavy atom. The number of carbonyl (C=O) groups is 8. The SMILES string of the molecule is CC(=O)c1cc(C(C)=O)cc(C(C)=O)c1.CC(=O)c1ccc(C(C)=O)cc1.CC(=O)c1cccc(C(C)=O)c1.CCC(C)COC.COc1ccc(-c2ccc(OC)cc2)cc1.COc1ccc(C(C)=O)cc1.COc1ccccc1OC. The monoisotopic (exact) mass is 1130 g/mol. The van der Waals surface area contributed by atoms with Gasteiger partial charge in [0.05, 0.1) is 35.5 Å². The van der Waals surface area contributed by atoms with Crippen molar-refractivity contribution in [2.24, 2.45) is 5.92 Å². The summed E-state index contributed by atoms with van der Waals surface area (Å²) in [6.45, 7) is 17.0. The number of ether oxygens (including phenoxy) is 6. The van der Waals surface area contributed by atoms with Gasteiger partial charge in [-0.3, -0.25) is 38.4 Å². The van der Waals surface area contributed by atoms with E-state index in [4.69, 9.17) is 28.4 Å². The Hall–Kier alpha value is -9.14. The second kappa shape index (κ2) is 39.3. The highest BCUT2D eigenvalue weighted by molar-refractivity contribution is 6.04. The van der Waals surface area contributed by atoms with Crippen LogP contribution in [0.4, 0.5) is 0 Å². The van der Waals surface area contributed by atoms with E-state index in [1.54, 1.807) is 122 Å². The highest BCUT2D eigenvalue weighted by Gasteiger charge is 2.10. The molecule has 7 aromatic carbocycles. The highest BCUT2D eigenvalue weighted by atomic mass is 16.5. The molecule has 0 aliphatic rings. The Bertz CT molecular complexity index is 2950. The zero-order chi connectivity index (χ0) is 62.6. The predicted octanol–water partition coefficient (Wildman–Crippen LogP) is 15.1. The van der Waals surface area contributed by atoms with Crippen LogP contribution in [0.25, 0.3) is 11.1 Å². The maximum atomic E-state index is 11.2. The van der Waals surface area contributed by atoms with Gasteiger partial charge in [-0.25, -0.2) is 0 Å². The van der Waals surface area contributed by atoms with Crippen LogP contribution in [0.15, 0.2) is 164 Å². The van der Waals surface area contributed by atoms with Crippen LogP contribution in [0.5, 0.6) is 28.7 Å². The molecule has 7 aromatic rings. The summed E-state index contributed by atoms with van der Waals surface area (Å²) in [5.41, 5.74) is 6.69. The van der Waals surface area contributed by atoms with E-state index in [1.807, 2.05) is 72.8 Å². The van der Waals surface area contributed by atoms with Crippen LogP contribution in [-0.4, -0.2) is 95.5 Å². The molecule has 440 valence electrons. The van der Waals surface area contributed by atoms with E-state index >= 15 is 0 Å². The summed E-state index contributed by atoms with van der Waals surface area (Å²) in [5, 5.41) is 0. The third-order valence-corrected chi connectivity index (χ3v) is 12.0. The first-order valence-electron chi connectivity index (χ1n) is 26.4. The third-order valence-electron chi connectivity index (χ3n) is 12.0. The normalized spacial score (nSPS) is 9.93. The molecule has 0 spiro atoms. The van der Waals surface area contributed by atoms with E-state index in [9.17, 15) is 38.4 Å². The van der Waals surface area contributed by atoms with Crippen molar-refractivity contribution in [1.82, 2.24) is 0 Å². The molecule has 0 aromatic heterocycles. The first-order chi connectivity index (χ1) is 39.4. The second-order valence-electron chi connectivity index (χ2n) is 18.4. The van der Waals surface area contributed by atoms with Crippen molar-refractivity contribution in [2.75, 3.05) is 49.3 Å². The molecule has 1 unspecified atom stereocenters. The molecule has 14 heteroatoms. The molecule has 0 radical (unpaired) electrons. The standard InChI is InChI=1S/C14H14O2.C12H12O3.2C10H10O2.C9H10O2.C8H10O2.C6H14O/c1-15-13-7-3-11(4-8-13)12-5-9-14(16-2)10-6-12;1-7(13)10-4-11(8(2)14)6-12(5-10)9(3)15;1-7(11)9-3-5-10(6-4-9)8(2)12;1-7(11)9-4-3-5-10(6-9)8(2)12;1-7(10)8-3-5-9(11-2)6-4-8;1-9-7-5-3-4-6-8(7)10-2;1-4-6(2)5-7-3/h3-10H,1-2H3;4-6H,1-3H3;2*3-6H,1-2H3;3-6H,1-2H3;3-6H,1-2H3;6H,4-5H2,1-3H3. The van der Waals surface area contributed by atoms with Crippen molar-refractivity contribution < 1.29 is 66.8 Å². The average molecular weight is 1130 g/mol. The van der Waals surface area contributed by atoms with Gasteiger partial charge in [0, 0.05) is 58.2 Å². The van der Waals surface area contributed by atoms with Crippen molar-refractivity contribution >= 4 is 46.3 Å². The Morgan fingerprint density at radius 1 is 0.313 bits per heavy atom. The van der Waals surface area contributed by atoms with Gasteiger partial charge in [-0.05, 0) is 157 Å². The average Bonchev–Trinajstić information content (AvgIpc) is 3.60. The molecule has 0 aliphatic carbocycles. The van der Waals surface area contributed by atoms with Gasteiger partial charge >= 0.3 is 0 Å². The second-order valence-corrected chi connectivity index (χ2v) is 18.4. The minimum Gasteiger partial charge on any atom is -0.497 e. The minimum absolute atomic E-state index is 0.0156. The number of ketones is 8. The molecule has 83 heavy (non-hydrogen) atoms. The van der Waals surface area contributed by atoms with Crippen molar-refractivity contribution in [1.29, 1.82) is 0 Å². The third kappa shape index (κ3) is 27.7. The fourth-order valence-corrected chi connectivity index (χ4v) is 6.72. The zero-order valence-corrected chi connectivity index (χ0v) is 50.8. The molecule has 14 nitrogen and oxygen atoms in total. The van der Waals surface area contributed by atoms with Crippen LogP contribution < -0.4 is 23.7 Å². The summed E-state index contributed by atoms with van der Waals surface area (Å²) in [4.78, 5) is 87.8. The van der Waals surface area contributed by atoms with Crippen molar-refractivity contribution in [2.45, 2.75) is 75.7 Å². The molecule has 0 N–H and O–H groups in total. The summed E-state index contributed by atoms with van der Waals surface area (Å²) in [5.74, 6) is 4.41. The van der Waals surface area contributed by atoms with E-state index in [0.29, 0.717) is 44.5 Å². The molecule has 7 rings (SSSR count). The van der Waals surface area contributed by atoms with Crippen molar-refractivity contribution in [3.05, 3.63) is 208 Å². The number of benzene rings is 7. The van der Waals surface area contributed by atoms with Crippen molar-refractivity contribution in [3.63, 3.8) is 0 Å². The molecule has 0 fully saturated rings. The molecule has 0 heterocycles. The van der Waals surface area contributed by atoms with Crippen LogP contribution in [-0.2, 0) is 4.74 Å². The number of Topliss-reactive ketones (excluding diaryl/α,β-unsaturated/α-hetero) is 8. The van der Waals surface area contributed by atoms with Gasteiger partial charge in [-0.2, -0.15) is 0 Å². The molecular weight excluding hydrogens is 1050 g/mol. The van der Waals surface area contributed by atoms with Crippen LogP contribution >= 0.6 is 0 Å². The maximum absolute atomic E-state index is 11.2. The van der Waals surface area contributed by atoms with Gasteiger partial charge in [0.25, 0.3) is 0 Å². The summed E-state index contributed by atoms with van der Waals surface area (Å²) in [6.07, 6.45) is 1.22. The maximum Gasteiger partial charge on any atom is 0.160 e. The van der Waals surface area contributed by atoms with E-state index in [-0.39, 0.29) is 46.3 Å². The number of rotatable bonds is 17. The van der Waals surface area contributed by atoms with E-state index in [1.165, 1.54) is 84.2 Å². The minimum atomic E-state index is -0.152. The molecule has 1 atom stereocenters. The largest absolute Gasteiger partial charge is 0.497 e. The lowest BCUT2D eigenvalue weighted by molar-refractivity contribution is 0.0994. The smallest absolute Gasteiger partial charge is 0.160 e. The number of hydrogen-bond donors (Lipinski definition) is 0. The van der Waals surface area contributed by atoms with Crippen LogP contribution in [0.2, 0.25) is 0 Å². The highest BCUT2D eigenvalue weighted by Crippen LogP contribution is 2.26. The fraction of sp³-hybridized carbons (Fsp3) is 0.275. The molecule has 0 saturated heterocycles. The lowest BCUT2D eigenvalue weighted by Gasteiger charge is -2.05. The fourth-order valence-electron chi connectivity index (χ4n) is 6.72. The number of carbonyl (C=O) groups excluding carboxylic acids is 8. The summed E-state index contributed by atoms with van der Waals surface area (Å²) in [6, 6.07) is 48.5. The Morgan fingerprint density at radius 2 is 0.566 bits per heavy atom. The first kappa shape index (κ1) is 71.9. The first-order valence-corrected chi connectivity index (χ1v) is 26.4. The van der Waals surface area contributed by atoms with Crippen LogP contribution in [0.1, 0.15) is 159 Å². The van der Waals surface area contributed by atoms with E-state index < -0.39 is 0 Å². The quantitative estimate of drug-likeness (QED) is 0.0782. The Labute approximate surface area is 490 Å². The van der Waals surface area contributed by atoms with E-state index in [2.05, 4.69) is 13.8 Å². The molecule has 0 saturated carbocycles. The van der Waals surface area contributed by atoms with Crippen molar-refractivity contribution in [3.8, 4) is 39.9 Å².